The van der Waals surface area contributed by atoms with Gasteiger partial charge in [-0.15, -0.1) is 0 Å². The summed E-state index contributed by atoms with van der Waals surface area (Å²) in [5.41, 5.74) is 3.18. The quantitative estimate of drug-likeness (QED) is 0.559. The van der Waals surface area contributed by atoms with Gasteiger partial charge in [-0.05, 0) is 42.3 Å². The Morgan fingerprint density at radius 2 is 2.00 bits per heavy atom. The summed E-state index contributed by atoms with van der Waals surface area (Å²) in [6.45, 7) is 3.03. The predicted molar refractivity (Wildman–Crippen MR) is 103 cm³/mol. The smallest absolute Gasteiger partial charge is 0.241 e. The summed E-state index contributed by atoms with van der Waals surface area (Å²) in [4.78, 5) is 16.7. The fraction of sp³-hybridized carbons (Fsp3) is 0.200. The van der Waals surface area contributed by atoms with Crippen molar-refractivity contribution in [1.82, 2.24) is 29.9 Å². The van der Waals surface area contributed by atoms with Crippen LogP contribution in [0.2, 0.25) is 0 Å². The summed E-state index contributed by atoms with van der Waals surface area (Å²) >= 11 is 0. The van der Waals surface area contributed by atoms with Gasteiger partial charge in [0, 0.05) is 30.5 Å². The first-order valence-corrected chi connectivity index (χ1v) is 8.94. The van der Waals surface area contributed by atoms with Gasteiger partial charge in [0.1, 0.15) is 12.4 Å². The molecule has 0 spiro atoms. The first-order chi connectivity index (χ1) is 13.6. The molecular formula is C20H19FN6O. The number of aryl methyl sites for hydroxylation is 1. The number of carbonyl (C=O) groups excluding carboxylic acids is 1. The second-order valence-electron chi connectivity index (χ2n) is 6.43. The molecule has 0 bridgehead atoms. The van der Waals surface area contributed by atoms with Gasteiger partial charge in [-0.25, -0.2) is 14.1 Å². The minimum Gasteiger partial charge on any atom is -0.353 e. The van der Waals surface area contributed by atoms with Crippen molar-refractivity contribution in [2.24, 2.45) is 0 Å². The van der Waals surface area contributed by atoms with Crippen molar-refractivity contribution >= 4 is 16.9 Å². The number of aromatic nitrogens is 5. The van der Waals surface area contributed by atoms with E-state index in [9.17, 15) is 9.18 Å². The standard InChI is InChI=1S/C20H19FN6O/c1-14-19-17(15-3-5-16(21)6-4-15)7-9-23-20(19)27(25-14)13-18(28)22-10-12-26-11-2-8-24-26/h2-9,11H,10,12-13H2,1H3,(H,22,28). The summed E-state index contributed by atoms with van der Waals surface area (Å²) in [5.74, 6) is -0.432. The average Bonchev–Trinajstić information content (AvgIpc) is 3.31. The number of benzene rings is 1. The minimum absolute atomic E-state index is 0.0727. The Labute approximate surface area is 160 Å². The van der Waals surface area contributed by atoms with E-state index in [1.807, 2.05) is 25.3 Å². The third kappa shape index (κ3) is 3.62. The zero-order chi connectivity index (χ0) is 19.5. The summed E-state index contributed by atoms with van der Waals surface area (Å²) in [6.07, 6.45) is 5.22. The fourth-order valence-corrected chi connectivity index (χ4v) is 3.20. The molecule has 1 N–H and O–H groups in total. The van der Waals surface area contributed by atoms with Gasteiger partial charge >= 0.3 is 0 Å². The first kappa shape index (κ1) is 17.8. The van der Waals surface area contributed by atoms with Crippen LogP contribution >= 0.6 is 0 Å². The molecular weight excluding hydrogens is 359 g/mol. The molecule has 4 rings (SSSR count). The van der Waals surface area contributed by atoms with Crippen molar-refractivity contribution in [2.75, 3.05) is 6.54 Å². The number of hydrogen-bond acceptors (Lipinski definition) is 4. The van der Waals surface area contributed by atoms with E-state index < -0.39 is 0 Å². The Balaban J connectivity index is 1.54. The minimum atomic E-state index is -0.284. The normalized spacial score (nSPS) is 11.1. The van der Waals surface area contributed by atoms with Crippen LogP contribution in [0.4, 0.5) is 4.39 Å². The second-order valence-corrected chi connectivity index (χ2v) is 6.43. The Hall–Kier alpha value is -3.55. The van der Waals surface area contributed by atoms with Crippen LogP contribution in [0.1, 0.15) is 5.69 Å². The lowest BCUT2D eigenvalue weighted by Gasteiger charge is -2.07. The van der Waals surface area contributed by atoms with Gasteiger partial charge in [0.15, 0.2) is 5.65 Å². The Morgan fingerprint density at radius 3 is 2.75 bits per heavy atom. The van der Waals surface area contributed by atoms with Crippen LogP contribution in [0, 0.1) is 12.7 Å². The van der Waals surface area contributed by atoms with Gasteiger partial charge in [0.2, 0.25) is 5.91 Å². The molecule has 3 heterocycles. The molecule has 28 heavy (non-hydrogen) atoms. The highest BCUT2D eigenvalue weighted by Gasteiger charge is 2.15. The lowest BCUT2D eigenvalue weighted by atomic mass is 10.0. The monoisotopic (exact) mass is 378 g/mol. The molecule has 0 atom stereocenters. The number of carbonyl (C=O) groups is 1. The van der Waals surface area contributed by atoms with Crippen molar-refractivity contribution in [3.63, 3.8) is 0 Å². The van der Waals surface area contributed by atoms with Gasteiger partial charge < -0.3 is 5.32 Å². The third-order valence-corrected chi connectivity index (χ3v) is 4.48. The summed E-state index contributed by atoms with van der Waals surface area (Å²) in [7, 11) is 0. The number of rotatable bonds is 6. The number of pyridine rings is 1. The van der Waals surface area contributed by atoms with E-state index in [0.29, 0.717) is 18.7 Å². The van der Waals surface area contributed by atoms with Crippen LogP contribution in [0.15, 0.2) is 55.0 Å². The molecule has 142 valence electrons. The van der Waals surface area contributed by atoms with E-state index in [4.69, 9.17) is 0 Å². The van der Waals surface area contributed by atoms with E-state index in [1.165, 1.54) is 12.1 Å². The number of fused-ring (bicyclic) bond motifs is 1. The van der Waals surface area contributed by atoms with E-state index >= 15 is 0 Å². The molecule has 0 aliphatic rings. The maximum Gasteiger partial charge on any atom is 0.241 e. The zero-order valence-corrected chi connectivity index (χ0v) is 15.3. The maximum absolute atomic E-state index is 13.3. The van der Waals surface area contributed by atoms with Crippen LogP contribution in [0.3, 0.4) is 0 Å². The van der Waals surface area contributed by atoms with Gasteiger partial charge in [0.25, 0.3) is 0 Å². The Bertz CT molecular complexity index is 1100. The van der Waals surface area contributed by atoms with Crippen molar-refractivity contribution in [3.05, 3.63) is 66.5 Å². The van der Waals surface area contributed by atoms with E-state index in [2.05, 4.69) is 20.5 Å². The summed E-state index contributed by atoms with van der Waals surface area (Å²) in [5, 5.41) is 12.3. The van der Waals surface area contributed by atoms with Crippen LogP contribution in [0.5, 0.6) is 0 Å². The van der Waals surface area contributed by atoms with Crippen LogP contribution in [-0.2, 0) is 17.9 Å². The van der Waals surface area contributed by atoms with E-state index in [0.717, 1.165) is 22.2 Å². The lowest BCUT2D eigenvalue weighted by molar-refractivity contribution is -0.121. The van der Waals surface area contributed by atoms with Crippen molar-refractivity contribution in [3.8, 4) is 11.1 Å². The van der Waals surface area contributed by atoms with Crippen LogP contribution in [-0.4, -0.2) is 37.0 Å². The molecule has 0 fully saturated rings. The Kier molecular flexibility index (Phi) is 4.84. The predicted octanol–water partition coefficient (Wildman–Crippen LogP) is 2.56. The average molecular weight is 378 g/mol. The molecule has 0 aliphatic carbocycles. The fourth-order valence-electron chi connectivity index (χ4n) is 3.20. The highest BCUT2D eigenvalue weighted by molar-refractivity contribution is 5.95. The molecule has 0 unspecified atom stereocenters. The number of nitrogens with one attached hydrogen (secondary N) is 1. The zero-order valence-electron chi connectivity index (χ0n) is 15.3. The molecule has 1 aromatic carbocycles. The van der Waals surface area contributed by atoms with Crippen molar-refractivity contribution in [2.45, 2.75) is 20.0 Å². The molecule has 3 aromatic heterocycles. The van der Waals surface area contributed by atoms with Gasteiger partial charge in [0.05, 0.1) is 12.2 Å². The van der Waals surface area contributed by atoms with Crippen LogP contribution in [0.25, 0.3) is 22.2 Å². The summed E-state index contributed by atoms with van der Waals surface area (Å²) in [6, 6.07) is 10.0. The molecule has 4 aromatic rings. The number of halogens is 1. The largest absolute Gasteiger partial charge is 0.353 e. The molecule has 7 nitrogen and oxygen atoms in total. The van der Waals surface area contributed by atoms with E-state index in [1.54, 1.807) is 33.9 Å². The highest BCUT2D eigenvalue weighted by Crippen LogP contribution is 2.29. The maximum atomic E-state index is 13.3. The second kappa shape index (κ2) is 7.59. The molecule has 0 aliphatic heterocycles. The molecule has 8 heteroatoms. The summed E-state index contributed by atoms with van der Waals surface area (Å²) < 4.78 is 16.6. The lowest BCUT2D eigenvalue weighted by Crippen LogP contribution is -2.31. The topological polar surface area (TPSA) is 77.6 Å². The van der Waals surface area contributed by atoms with Crippen LogP contribution < -0.4 is 5.32 Å². The van der Waals surface area contributed by atoms with Crippen molar-refractivity contribution < 1.29 is 9.18 Å². The van der Waals surface area contributed by atoms with Gasteiger partial charge in [-0.1, -0.05) is 12.1 Å². The van der Waals surface area contributed by atoms with Gasteiger partial charge in [-0.3, -0.25) is 9.48 Å². The highest BCUT2D eigenvalue weighted by atomic mass is 19.1. The number of hydrogen-bond donors (Lipinski definition) is 1. The van der Waals surface area contributed by atoms with Crippen molar-refractivity contribution in [1.29, 1.82) is 0 Å². The molecule has 0 saturated carbocycles. The first-order valence-electron chi connectivity index (χ1n) is 8.94. The third-order valence-electron chi connectivity index (χ3n) is 4.48. The molecule has 1 amide bonds. The molecule has 0 saturated heterocycles. The molecule has 0 radical (unpaired) electrons. The number of amides is 1. The Morgan fingerprint density at radius 1 is 1.18 bits per heavy atom. The SMILES string of the molecule is Cc1nn(CC(=O)NCCn2cccn2)c2nccc(-c3ccc(F)cc3)c12. The van der Waals surface area contributed by atoms with E-state index in [-0.39, 0.29) is 18.3 Å². The number of nitrogens with zero attached hydrogens (tertiary/aromatic N) is 5. The van der Waals surface area contributed by atoms with Gasteiger partial charge in [-0.2, -0.15) is 10.2 Å².